The van der Waals surface area contributed by atoms with Crippen LogP contribution in [-0.4, -0.2) is 26.8 Å². The van der Waals surface area contributed by atoms with Crippen LogP contribution in [0.5, 0.6) is 0 Å². The number of methoxy groups -OCH3 is 1. The number of rotatable bonds is 6. The van der Waals surface area contributed by atoms with Crippen molar-refractivity contribution in [2.75, 3.05) is 26.8 Å². The lowest BCUT2D eigenvalue weighted by Gasteiger charge is -2.31. The van der Waals surface area contributed by atoms with Gasteiger partial charge in [-0.05, 0) is 24.5 Å². The molecule has 0 atom stereocenters. The van der Waals surface area contributed by atoms with Crippen LogP contribution in [0.15, 0.2) is 40.9 Å². The Morgan fingerprint density at radius 1 is 1.28 bits per heavy atom. The van der Waals surface area contributed by atoms with Crippen molar-refractivity contribution in [3.05, 3.63) is 46.5 Å². The summed E-state index contributed by atoms with van der Waals surface area (Å²) in [5.74, 6) is 0. The van der Waals surface area contributed by atoms with E-state index >= 15 is 0 Å². The number of hydrogen-bond donors (Lipinski definition) is 1. The topological polar surface area (TPSA) is 21.3 Å². The van der Waals surface area contributed by atoms with Crippen LogP contribution in [0, 0.1) is 0 Å². The van der Waals surface area contributed by atoms with Crippen molar-refractivity contribution < 1.29 is 4.74 Å². The normalized spacial score (nSPS) is 17.2. The van der Waals surface area contributed by atoms with Gasteiger partial charge >= 0.3 is 0 Å². The first-order chi connectivity index (χ1) is 8.78. The average molecular weight is 310 g/mol. The number of allylic oxidation sites excluding steroid dienone is 2. The van der Waals surface area contributed by atoms with Crippen molar-refractivity contribution in [1.29, 1.82) is 0 Å². The van der Waals surface area contributed by atoms with E-state index < -0.39 is 0 Å². The van der Waals surface area contributed by atoms with E-state index in [0.29, 0.717) is 0 Å². The van der Waals surface area contributed by atoms with E-state index in [2.05, 4.69) is 57.7 Å². The summed E-state index contributed by atoms with van der Waals surface area (Å²) >= 11 is 3.68. The van der Waals surface area contributed by atoms with Crippen LogP contribution >= 0.6 is 15.9 Å². The van der Waals surface area contributed by atoms with Gasteiger partial charge in [0.1, 0.15) is 0 Å². The van der Waals surface area contributed by atoms with E-state index in [1.807, 2.05) is 0 Å². The van der Waals surface area contributed by atoms with E-state index in [4.69, 9.17) is 4.74 Å². The van der Waals surface area contributed by atoms with Gasteiger partial charge in [0.15, 0.2) is 0 Å². The number of ether oxygens (including phenoxy) is 1. The molecule has 2 nitrogen and oxygen atoms in total. The van der Waals surface area contributed by atoms with Gasteiger partial charge in [0.05, 0.1) is 6.61 Å². The zero-order valence-corrected chi connectivity index (χ0v) is 12.4. The van der Waals surface area contributed by atoms with Crippen molar-refractivity contribution in [1.82, 2.24) is 5.32 Å². The molecular formula is C15H20BrNO. The summed E-state index contributed by atoms with van der Waals surface area (Å²) in [6, 6.07) is 8.55. The van der Waals surface area contributed by atoms with E-state index in [9.17, 15) is 0 Å². The molecule has 0 aliphatic heterocycles. The summed E-state index contributed by atoms with van der Waals surface area (Å²) < 4.78 is 6.29. The molecule has 1 N–H and O–H groups in total. The van der Waals surface area contributed by atoms with E-state index in [-0.39, 0.29) is 5.41 Å². The molecular weight excluding hydrogens is 290 g/mol. The van der Waals surface area contributed by atoms with E-state index in [1.165, 1.54) is 10.0 Å². The molecule has 98 valence electrons. The molecule has 1 aliphatic carbocycles. The molecule has 0 amide bonds. The maximum absolute atomic E-state index is 5.08. The SMILES string of the molecule is COCCNCC1(c2ccccc2Br)CC=CC1. The first-order valence-electron chi connectivity index (χ1n) is 6.38. The Kier molecular flexibility index (Phi) is 4.98. The van der Waals surface area contributed by atoms with E-state index in [0.717, 1.165) is 32.5 Å². The van der Waals surface area contributed by atoms with Crippen molar-refractivity contribution in [3.8, 4) is 0 Å². The highest BCUT2D eigenvalue weighted by Gasteiger charge is 2.33. The van der Waals surface area contributed by atoms with Gasteiger partial charge in [-0.1, -0.05) is 46.3 Å². The lowest BCUT2D eigenvalue weighted by atomic mass is 9.78. The smallest absolute Gasteiger partial charge is 0.0587 e. The summed E-state index contributed by atoms with van der Waals surface area (Å²) in [5.41, 5.74) is 1.60. The molecule has 18 heavy (non-hydrogen) atoms. The molecule has 1 aromatic rings. The van der Waals surface area contributed by atoms with Gasteiger partial charge in [-0.3, -0.25) is 0 Å². The maximum atomic E-state index is 5.08. The fraction of sp³-hybridized carbons (Fsp3) is 0.467. The Balaban J connectivity index is 2.10. The van der Waals surface area contributed by atoms with Gasteiger partial charge < -0.3 is 10.1 Å². The van der Waals surface area contributed by atoms with Crippen LogP contribution in [0.25, 0.3) is 0 Å². The lowest BCUT2D eigenvalue weighted by molar-refractivity contribution is 0.196. The van der Waals surface area contributed by atoms with Gasteiger partial charge in [0.2, 0.25) is 0 Å². The van der Waals surface area contributed by atoms with Gasteiger partial charge in [-0.15, -0.1) is 0 Å². The molecule has 3 heteroatoms. The number of halogens is 1. The molecule has 0 fully saturated rings. The maximum Gasteiger partial charge on any atom is 0.0587 e. The van der Waals surface area contributed by atoms with Gasteiger partial charge in [-0.2, -0.15) is 0 Å². The first-order valence-corrected chi connectivity index (χ1v) is 7.17. The summed E-state index contributed by atoms with van der Waals surface area (Å²) in [5, 5.41) is 3.51. The first kappa shape index (κ1) is 13.8. The molecule has 1 aliphatic rings. The Labute approximate surface area is 118 Å². The van der Waals surface area contributed by atoms with Crippen LogP contribution < -0.4 is 5.32 Å². The van der Waals surface area contributed by atoms with Gasteiger partial charge in [-0.25, -0.2) is 0 Å². The number of nitrogens with one attached hydrogen (secondary N) is 1. The molecule has 0 spiro atoms. The summed E-state index contributed by atoms with van der Waals surface area (Å²) in [6.45, 7) is 2.66. The minimum Gasteiger partial charge on any atom is -0.383 e. The fourth-order valence-corrected chi connectivity index (χ4v) is 3.26. The third-order valence-corrected chi connectivity index (χ3v) is 4.27. The van der Waals surface area contributed by atoms with Crippen molar-refractivity contribution >= 4 is 15.9 Å². The zero-order chi connectivity index (χ0) is 12.8. The predicted molar refractivity (Wildman–Crippen MR) is 78.9 cm³/mol. The minimum absolute atomic E-state index is 0.202. The molecule has 2 rings (SSSR count). The largest absolute Gasteiger partial charge is 0.383 e. The predicted octanol–water partition coefficient (Wildman–Crippen LogP) is 3.27. The molecule has 0 bridgehead atoms. The highest BCUT2D eigenvalue weighted by molar-refractivity contribution is 9.10. The fourth-order valence-electron chi connectivity index (χ4n) is 2.55. The van der Waals surface area contributed by atoms with Crippen LogP contribution in [0.1, 0.15) is 18.4 Å². The Hall–Kier alpha value is -0.640. The van der Waals surface area contributed by atoms with E-state index in [1.54, 1.807) is 7.11 Å². The van der Waals surface area contributed by atoms with Crippen LogP contribution in [0.4, 0.5) is 0 Å². The molecule has 0 aromatic heterocycles. The quantitative estimate of drug-likeness (QED) is 0.643. The summed E-state index contributed by atoms with van der Waals surface area (Å²) in [7, 11) is 1.74. The summed E-state index contributed by atoms with van der Waals surface area (Å²) in [6.07, 6.45) is 6.79. The molecule has 0 saturated heterocycles. The molecule has 0 saturated carbocycles. The second-order valence-corrected chi connectivity index (χ2v) is 5.66. The second kappa shape index (κ2) is 6.50. The Bertz CT molecular complexity index is 409. The highest BCUT2D eigenvalue weighted by atomic mass is 79.9. The zero-order valence-electron chi connectivity index (χ0n) is 10.8. The summed E-state index contributed by atoms with van der Waals surface area (Å²) in [4.78, 5) is 0. The molecule has 0 heterocycles. The molecule has 0 radical (unpaired) electrons. The molecule has 1 aromatic carbocycles. The molecule has 0 unspecified atom stereocenters. The van der Waals surface area contributed by atoms with Gasteiger partial charge in [0, 0.05) is 30.1 Å². The van der Waals surface area contributed by atoms with Crippen molar-refractivity contribution in [2.24, 2.45) is 0 Å². The van der Waals surface area contributed by atoms with Crippen molar-refractivity contribution in [2.45, 2.75) is 18.3 Å². The second-order valence-electron chi connectivity index (χ2n) is 4.81. The Morgan fingerprint density at radius 3 is 2.67 bits per heavy atom. The van der Waals surface area contributed by atoms with Gasteiger partial charge in [0.25, 0.3) is 0 Å². The third kappa shape index (κ3) is 3.02. The highest BCUT2D eigenvalue weighted by Crippen LogP contribution is 2.39. The number of benzene rings is 1. The monoisotopic (exact) mass is 309 g/mol. The number of hydrogen-bond acceptors (Lipinski definition) is 2. The minimum atomic E-state index is 0.202. The third-order valence-electron chi connectivity index (χ3n) is 3.58. The van der Waals surface area contributed by atoms with Crippen LogP contribution in [0.2, 0.25) is 0 Å². The van der Waals surface area contributed by atoms with Crippen LogP contribution in [0.3, 0.4) is 0 Å². The standard InChI is InChI=1S/C15H20BrNO/c1-18-11-10-17-12-15(8-4-5-9-15)13-6-2-3-7-14(13)16/h2-7,17H,8-12H2,1H3. The lowest BCUT2D eigenvalue weighted by Crippen LogP contribution is -2.37. The van der Waals surface area contributed by atoms with Crippen LogP contribution in [-0.2, 0) is 10.2 Å². The average Bonchev–Trinajstić information content (AvgIpc) is 2.85. The Morgan fingerprint density at radius 2 is 2.00 bits per heavy atom. The van der Waals surface area contributed by atoms with Crippen molar-refractivity contribution in [3.63, 3.8) is 0 Å².